The van der Waals surface area contributed by atoms with Crippen molar-refractivity contribution in [1.29, 1.82) is 0 Å². The highest BCUT2D eigenvalue weighted by Gasteiger charge is 2.13. The molecule has 0 aliphatic rings. The standard InChI is InChI=1S/C14H15N3O4S/c1-3-21-11-6-9(4-5-10(11)18)7-12(13(19)20)22-14-15-8(2)16-17-14/h4-7,18H,3H2,1-2H3,(H,19,20)(H,15,16,17)/b12-7-. The molecule has 0 atom stereocenters. The molecule has 8 heteroatoms. The first-order valence-corrected chi connectivity index (χ1v) is 7.29. The van der Waals surface area contributed by atoms with Gasteiger partial charge in [-0.2, -0.15) is 0 Å². The molecule has 0 aliphatic heterocycles. The fraction of sp³-hybridized carbons (Fsp3) is 0.214. The third kappa shape index (κ3) is 4.01. The van der Waals surface area contributed by atoms with Crippen molar-refractivity contribution in [2.24, 2.45) is 0 Å². The molecule has 22 heavy (non-hydrogen) atoms. The highest BCUT2D eigenvalue weighted by atomic mass is 32.2. The van der Waals surface area contributed by atoms with Crippen LogP contribution in [-0.2, 0) is 4.79 Å². The van der Waals surface area contributed by atoms with Gasteiger partial charge in [-0.05, 0) is 49.4 Å². The van der Waals surface area contributed by atoms with Gasteiger partial charge in [-0.25, -0.2) is 9.78 Å². The third-order valence-corrected chi connectivity index (χ3v) is 3.45. The molecular weight excluding hydrogens is 306 g/mol. The van der Waals surface area contributed by atoms with E-state index in [1.807, 2.05) is 0 Å². The lowest BCUT2D eigenvalue weighted by Crippen LogP contribution is -1.97. The van der Waals surface area contributed by atoms with Crippen LogP contribution in [0.1, 0.15) is 18.3 Å². The minimum absolute atomic E-state index is 0.00752. The second-order valence-corrected chi connectivity index (χ2v) is 5.29. The third-order valence-electron chi connectivity index (χ3n) is 2.57. The van der Waals surface area contributed by atoms with Crippen LogP contribution in [-0.4, -0.2) is 38.0 Å². The number of carbonyl (C=O) groups is 1. The van der Waals surface area contributed by atoms with Gasteiger partial charge in [0.2, 0.25) is 5.16 Å². The predicted molar refractivity (Wildman–Crippen MR) is 81.9 cm³/mol. The monoisotopic (exact) mass is 321 g/mol. The molecule has 1 aromatic carbocycles. The summed E-state index contributed by atoms with van der Waals surface area (Å²) < 4.78 is 5.28. The number of hydrogen-bond acceptors (Lipinski definition) is 6. The minimum Gasteiger partial charge on any atom is -0.504 e. The highest BCUT2D eigenvalue weighted by molar-refractivity contribution is 8.04. The molecule has 0 saturated carbocycles. The summed E-state index contributed by atoms with van der Waals surface area (Å²) in [5.74, 6) is -0.165. The van der Waals surface area contributed by atoms with Crippen LogP contribution in [0.4, 0.5) is 0 Å². The van der Waals surface area contributed by atoms with Crippen molar-refractivity contribution >= 4 is 23.8 Å². The van der Waals surface area contributed by atoms with E-state index in [1.54, 1.807) is 26.0 Å². The number of aromatic nitrogens is 3. The molecule has 0 saturated heterocycles. The van der Waals surface area contributed by atoms with Gasteiger partial charge in [-0.1, -0.05) is 6.07 Å². The summed E-state index contributed by atoms with van der Waals surface area (Å²) >= 11 is 0.941. The number of carboxylic acid groups (broad SMARTS) is 1. The van der Waals surface area contributed by atoms with Crippen LogP contribution in [0, 0.1) is 6.92 Å². The number of hydrogen-bond donors (Lipinski definition) is 3. The Labute approximate surface area is 131 Å². The largest absolute Gasteiger partial charge is 0.504 e. The summed E-state index contributed by atoms with van der Waals surface area (Å²) in [5, 5.41) is 25.8. The Hall–Kier alpha value is -2.48. The van der Waals surface area contributed by atoms with Crippen LogP contribution in [0.15, 0.2) is 28.3 Å². The zero-order chi connectivity index (χ0) is 16.1. The summed E-state index contributed by atoms with van der Waals surface area (Å²) in [7, 11) is 0. The Morgan fingerprint density at radius 3 is 2.86 bits per heavy atom. The number of ether oxygens (including phenoxy) is 1. The highest BCUT2D eigenvalue weighted by Crippen LogP contribution is 2.30. The van der Waals surface area contributed by atoms with Crippen LogP contribution in [0.5, 0.6) is 11.5 Å². The van der Waals surface area contributed by atoms with E-state index in [9.17, 15) is 15.0 Å². The lowest BCUT2D eigenvalue weighted by atomic mass is 10.2. The van der Waals surface area contributed by atoms with Crippen molar-refractivity contribution in [1.82, 2.24) is 15.2 Å². The Morgan fingerprint density at radius 2 is 2.27 bits per heavy atom. The van der Waals surface area contributed by atoms with Gasteiger partial charge in [-0.15, -0.1) is 5.10 Å². The van der Waals surface area contributed by atoms with Gasteiger partial charge in [0.05, 0.1) is 6.61 Å². The number of rotatable bonds is 6. The van der Waals surface area contributed by atoms with E-state index in [4.69, 9.17) is 4.74 Å². The number of aryl methyl sites for hydroxylation is 1. The zero-order valence-electron chi connectivity index (χ0n) is 12.0. The number of benzene rings is 1. The molecule has 0 bridgehead atoms. The first-order chi connectivity index (χ1) is 10.5. The average molecular weight is 321 g/mol. The lowest BCUT2D eigenvalue weighted by molar-refractivity contribution is -0.131. The van der Waals surface area contributed by atoms with Gasteiger partial charge in [0.25, 0.3) is 0 Å². The molecule has 1 aromatic heterocycles. The summed E-state index contributed by atoms with van der Waals surface area (Å²) in [4.78, 5) is 15.5. The zero-order valence-corrected chi connectivity index (χ0v) is 12.8. The number of aromatic amines is 1. The molecule has 3 N–H and O–H groups in total. The van der Waals surface area contributed by atoms with E-state index in [1.165, 1.54) is 12.1 Å². The van der Waals surface area contributed by atoms with Gasteiger partial charge >= 0.3 is 5.97 Å². The summed E-state index contributed by atoms with van der Waals surface area (Å²) in [6, 6.07) is 4.63. The molecular formula is C14H15N3O4S. The van der Waals surface area contributed by atoms with Crippen molar-refractivity contribution in [3.63, 3.8) is 0 Å². The number of aromatic hydroxyl groups is 1. The molecule has 0 radical (unpaired) electrons. The van der Waals surface area contributed by atoms with Crippen LogP contribution >= 0.6 is 11.8 Å². The normalized spacial score (nSPS) is 11.5. The fourth-order valence-electron chi connectivity index (χ4n) is 1.64. The van der Waals surface area contributed by atoms with Crippen molar-refractivity contribution in [2.75, 3.05) is 6.61 Å². The first-order valence-electron chi connectivity index (χ1n) is 6.47. The number of aliphatic carboxylic acids is 1. The van der Waals surface area contributed by atoms with Gasteiger partial charge in [0.15, 0.2) is 11.5 Å². The molecule has 0 amide bonds. The molecule has 116 valence electrons. The summed E-state index contributed by atoms with van der Waals surface area (Å²) in [6.07, 6.45) is 1.47. The molecule has 2 rings (SSSR count). The van der Waals surface area contributed by atoms with E-state index < -0.39 is 5.97 Å². The number of phenols is 1. The first kappa shape index (κ1) is 15.9. The molecule has 2 aromatic rings. The van der Waals surface area contributed by atoms with Crippen LogP contribution in [0.3, 0.4) is 0 Å². The van der Waals surface area contributed by atoms with Crippen LogP contribution in [0.25, 0.3) is 6.08 Å². The smallest absolute Gasteiger partial charge is 0.342 e. The van der Waals surface area contributed by atoms with Crippen molar-refractivity contribution < 1.29 is 19.7 Å². The van der Waals surface area contributed by atoms with Crippen molar-refractivity contribution in [3.05, 3.63) is 34.5 Å². The van der Waals surface area contributed by atoms with E-state index in [0.717, 1.165) is 11.8 Å². The number of carboxylic acids is 1. The molecule has 7 nitrogen and oxygen atoms in total. The molecule has 0 aliphatic carbocycles. The maximum Gasteiger partial charge on any atom is 0.342 e. The van der Waals surface area contributed by atoms with E-state index in [0.29, 0.717) is 28.9 Å². The Kier molecular flexibility index (Phi) is 5.05. The Bertz CT molecular complexity index is 712. The Balaban J connectivity index is 2.29. The van der Waals surface area contributed by atoms with E-state index >= 15 is 0 Å². The van der Waals surface area contributed by atoms with Crippen molar-refractivity contribution in [3.8, 4) is 11.5 Å². The van der Waals surface area contributed by atoms with Crippen LogP contribution in [0.2, 0.25) is 0 Å². The maximum absolute atomic E-state index is 11.4. The molecule has 0 unspecified atom stereocenters. The van der Waals surface area contributed by atoms with Gasteiger partial charge in [0.1, 0.15) is 10.7 Å². The number of phenolic OH excluding ortho intramolecular Hbond substituents is 1. The second-order valence-electron chi connectivity index (χ2n) is 4.28. The number of thioether (sulfide) groups is 1. The molecule has 0 fully saturated rings. The SMILES string of the molecule is CCOc1cc(/C=C(\Sc2n[nH]c(C)n2)C(=O)O)ccc1O. The summed E-state index contributed by atoms with van der Waals surface area (Å²) in [6.45, 7) is 3.93. The fourth-order valence-corrected chi connectivity index (χ4v) is 2.40. The molecule has 0 spiro atoms. The van der Waals surface area contributed by atoms with E-state index in [-0.39, 0.29) is 10.7 Å². The van der Waals surface area contributed by atoms with Crippen LogP contribution < -0.4 is 4.74 Å². The van der Waals surface area contributed by atoms with Gasteiger partial charge in [-0.3, -0.25) is 5.10 Å². The lowest BCUT2D eigenvalue weighted by Gasteiger charge is -2.07. The number of H-pyrrole nitrogens is 1. The van der Waals surface area contributed by atoms with E-state index in [2.05, 4.69) is 15.2 Å². The Morgan fingerprint density at radius 1 is 1.50 bits per heavy atom. The quantitative estimate of drug-likeness (QED) is 0.554. The minimum atomic E-state index is -1.08. The molecule has 1 heterocycles. The number of nitrogens with one attached hydrogen (secondary N) is 1. The maximum atomic E-state index is 11.4. The van der Waals surface area contributed by atoms with Gasteiger partial charge < -0.3 is 14.9 Å². The summed E-state index contributed by atoms with van der Waals surface area (Å²) in [5.41, 5.74) is 0.596. The predicted octanol–water partition coefficient (Wildman–Crippen LogP) is 2.44. The average Bonchev–Trinajstić information content (AvgIpc) is 2.87. The number of nitrogens with zero attached hydrogens (tertiary/aromatic N) is 2. The van der Waals surface area contributed by atoms with Gasteiger partial charge in [0, 0.05) is 0 Å². The second kappa shape index (κ2) is 6.99. The topological polar surface area (TPSA) is 108 Å². The van der Waals surface area contributed by atoms with Crippen molar-refractivity contribution in [2.45, 2.75) is 19.0 Å².